The molecule has 6 heteroatoms. The summed E-state index contributed by atoms with van der Waals surface area (Å²) >= 11 is 0. The van der Waals surface area contributed by atoms with Crippen LogP contribution in [0, 0.1) is 0 Å². The molecule has 106 valence electrons. The Morgan fingerprint density at radius 2 is 2.26 bits per heavy atom. The van der Waals surface area contributed by atoms with Crippen LogP contribution in [0.25, 0.3) is 0 Å². The Hall–Kier alpha value is -1.43. The van der Waals surface area contributed by atoms with Gasteiger partial charge in [0.15, 0.2) is 0 Å². The molecule has 0 bridgehead atoms. The molecule has 1 fully saturated rings. The maximum Gasteiger partial charge on any atom is 0.293 e. The summed E-state index contributed by atoms with van der Waals surface area (Å²) in [5.41, 5.74) is -0.138. The van der Waals surface area contributed by atoms with E-state index in [0.717, 1.165) is 12.2 Å². The van der Waals surface area contributed by atoms with E-state index in [2.05, 4.69) is 22.1 Å². The molecule has 2 rings (SSSR count). The van der Waals surface area contributed by atoms with Crippen molar-refractivity contribution in [1.29, 1.82) is 0 Å². The Labute approximate surface area is 113 Å². The van der Waals surface area contributed by atoms with Crippen molar-refractivity contribution >= 4 is 5.91 Å². The number of hydrogen-bond acceptors (Lipinski definition) is 4. The van der Waals surface area contributed by atoms with Crippen LogP contribution in [0.15, 0.2) is 0 Å². The third-order valence-electron chi connectivity index (χ3n) is 3.35. The van der Waals surface area contributed by atoms with Crippen molar-refractivity contribution in [3.05, 3.63) is 11.6 Å². The van der Waals surface area contributed by atoms with Gasteiger partial charge in [-0.1, -0.05) is 27.7 Å². The minimum atomic E-state index is -0.138. The van der Waals surface area contributed by atoms with Crippen LogP contribution in [0.2, 0.25) is 0 Å². The molecule has 19 heavy (non-hydrogen) atoms. The molecule has 0 saturated carbocycles. The third-order valence-corrected chi connectivity index (χ3v) is 3.35. The van der Waals surface area contributed by atoms with Crippen LogP contribution in [0.4, 0.5) is 0 Å². The standard InChI is InChI=1S/C13H22N4O2/c1-5-9-8-19-7-6-17(9)11(18)10-14-12(16-15-10)13(2,3)4/h9H,5-8H2,1-4H3,(H,14,15,16). The second kappa shape index (κ2) is 5.28. The lowest BCUT2D eigenvalue weighted by molar-refractivity contribution is -0.00342. The molecule has 1 atom stereocenters. The number of H-pyrrole nitrogens is 1. The molecular weight excluding hydrogens is 244 g/mol. The first-order valence-corrected chi connectivity index (χ1v) is 6.75. The van der Waals surface area contributed by atoms with Crippen LogP contribution in [0.5, 0.6) is 0 Å². The van der Waals surface area contributed by atoms with Crippen molar-refractivity contribution in [2.45, 2.75) is 45.6 Å². The molecule has 0 aromatic carbocycles. The minimum absolute atomic E-state index is 0.109. The van der Waals surface area contributed by atoms with Crippen molar-refractivity contribution in [2.75, 3.05) is 19.8 Å². The van der Waals surface area contributed by atoms with Gasteiger partial charge in [-0.3, -0.25) is 9.89 Å². The number of amides is 1. The fourth-order valence-corrected chi connectivity index (χ4v) is 2.08. The molecule has 1 saturated heterocycles. The van der Waals surface area contributed by atoms with E-state index in [1.54, 1.807) is 0 Å². The Morgan fingerprint density at radius 1 is 1.53 bits per heavy atom. The maximum absolute atomic E-state index is 12.4. The lowest BCUT2D eigenvalue weighted by Crippen LogP contribution is -2.48. The molecule has 1 aromatic heterocycles. The highest BCUT2D eigenvalue weighted by molar-refractivity contribution is 5.90. The monoisotopic (exact) mass is 266 g/mol. The van der Waals surface area contributed by atoms with E-state index in [0.29, 0.717) is 19.8 Å². The van der Waals surface area contributed by atoms with Gasteiger partial charge in [0, 0.05) is 12.0 Å². The van der Waals surface area contributed by atoms with E-state index < -0.39 is 0 Å². The topological polar surface area (TPSA) is 71.1 Å². The third kappa shape index (κ3) is 2.94. The summed E-state index contributed by atoms with van der Waals surface area (Å²) in [4.78, 5) is 18.6. The number of ether oxygens (including phenoxy) is 1. The maximum atomic E-state index is 12.4. The molecule has 1 N–H and O–H groups in total. The van der Waals surface area contributed by atoms with E-state index in [4.69, 9.17) is 4.74 Å². The van der Waals surface area contributed by atoms with Gasteiger partial charge in [-0.2, -0.15) is 0 Å². The Morgan fingerprint density at radius 3 is 2.84 bits per heavy atom. The van der Waals surface area contributed by atoms with Crippen molar-refractivity contribution in [2.24, 2.45) is 0 Å². The van der Waals surface area contributed by atoms with E-state index in [9.17, 15) is 4.79 Å². The predicted octanol–water partition coefficient (Wildman–Crippen LogP) is 1.35. The molecule has 1 unspecified atom stereocenters. The molecule has 2 heterocycles. The largest absolute Gasteiger partial charge is 0.377 e. The SMILES string of the molecule is CCC1COCCN1C(=O)c1n[nH]c(C(C)(C)C)n1. The highest BCUT2D eigenvalue weighted by atomic mass is 16.5. The Kier molecular flexibility index (Phi) is 3.89. The molecule has 1 amide bonds. The average Bonchev–Trinajstić information content (AvgIpc) is 2.87. The zero-order valence-electron chi connectivity index (χ0n) is 12.1. The van der Waals surface area contributed by atoms with Crippen molar-refractivity contribution in [3.8, 4) is 0 Å². The summed E-state index contributed by atoms with van der Waals surface area (Å²) in [5.74, 6) is 0.879. The fourth-order valence-electron chi connectivity index (χ4n) is 2.08. The number of hydrogen-bond donors (Lipinski definition) is 1. The van der Waals surface area contributed by atoms with Crippen molar-refractivity contribution in [1.82, 2.24) is 20.1 Å². The van der Waals surface area contributed by atoms with Gasteiger partial charge in [0.1, 0.15) is 5.82 Å². The molecule has 1 aliphatic rings. The summed E-state index contributed by atoms with van der Waals surface area (Å²) in [7, 11) is 0. The second-order valence-electron chi connectivity index (χ2n) is 5.89. The number of aromatic amines is 1. The predicted molar refractivity (Wildman–Crippen MR) is 71.0 cm³/mol. The summed E-state index contributed by atoms with van der Waals surface area (Å²) in [6.45, 7) is 9.94. The van der Waals surface area contributed by atoms with Gasteiger partial charge < -0.3 is 9.64 Å². The van der Waals surface area contributed by atoms with Gasteiger partial charge in [0.05, 0.1) is 19.3 Å². The van der Waals surface area contributed by atoms with Crippen LogP contribution in [0.1, 0.15) is 50.6 Å². The molecule has 1 aromatic rings. The summed E-state index contributed by atoms with van der Waals surface area (Å²) < 4.78 is 5.41. The van der Waals surface area contributed by atoms with Crippen LogP contribution in [-0.4, -0.2) is 51.8 Å². The highest BCUT2D eigenvalue weighted by Crippen LogP contribution is 2.19. The quantitative estimate of drug-likeness (QED) is 0.877. The highest BCUT2D eigenvalue weighted by Gasteiger charge is 2.30. The van der Waals surface area contributed by atoms with Crippen molar-refractivity contribution < 1.29 is 9.53 Å². The summed E-state index contributed by atoms with van der Waals surface area (Å²) in [6, 6.07) is 0.123. The lowest BCUT2D eigenvalue weighted by atomic mass is 9.96. The first-order chi connectivity index (χ1) is 8.93. The fraction of sp³-hybridized carbons (Fsp3) is 0.769. The smallest absolute Gasteiger partial charge is 0.293 e. The van der Waals surface area contributed by atoms with Gasteiger partial charge in [0.2, 0.25) is 5.82 Å². The molecular formula is C13H22N4O2. The molecule has 0 aliphatic carbocycles. The van der Waals surface area contributed by atoms with E-state index in [-0.39, 0.29) is 23.2 Å². The average molecular weight is 266 g/mol. The van der Waals surface area contributed by atoms with Crippen LogP contribution >= 0.6 is 0 Å². The van der Waals surface area contributed by atoms with Gasteiger partial charge in [-0.25, -0.2) is 4.98 Å². The number of aromatic nitrogens is 3. The van der Waals surface area contributed by atoms with E-state index >= 15 is 0 Å². The second-order valence-corrected chi connectivity index (χ2v) is 5.89. The molecule has 0 radical (unpaired) electrons. The minimum Gasteiger partial charge on any atom is -0.377 e. The van der Waals surface area contributed by atoms with Gasteiger partial charge in [0.25, 0.3) is 5.91 Å². The molecule has 0 spiro atoms. The van der Waals surface area contributed by atoms with E-state index in [1.807, 2.05) is 25.7 Å². The molecule has 6 nitrogen and oxygen atoms in total. The lowest BCUT2D eigenvalue weighted by Gasteiger charge is -2.34. The number of morpholine rings is 1. The van der Waals surface area contributed by atoms with Crippen LogP contribution in [0.3, 0.4) is 0 Å². The van der Waals surface area contributed by atoms with Crippen molar-refractivity contribution in [3.63, 3.8) is 0 Å². The van der Waals surface area contributed by atoms with Gasteiger partial charge in [-0.15, -0.1) is 5.10 Å². The first-order valence-electron chi connectivity index (χ1n) is 6.75. The summed E-state index contributed by atoms with van der Waals surface area (Å²) in [5, 5.41) is 6.92. The van der Waals surface area contributed by atoms with Gasteiger partial charge in [-0.05, 0) is 6.42 Å². The first kappa shape index (κ1) is 14.0. The Bertz CT molecular complexity index is 450. The Balaban J connectivity index is 2.16. The number of carbonyl (C=O) groups is 1. The zero-order valence-corrected chi connectivity index (χ0v) is 12.1. The van der Waals surface area contributed by atoms with Crippen LogP contribution < -0.4 is 0 Å². The number of nitrogens with one attached hydrogen (secondary N) is 1. The van der Waals surface area contributed by atoms with Crippen LogP contribution in [-0.2, 0) is 10.2 Å². The number of nitrogens with zero attached hydrogens (tertiary/aromatic N) is 3. The zero-order chi connectivity index (χ0) is 14.0. The normalized spacial score (nSPS) is 20.6. The number of rotatable bonds is 2. The summed E-state index contributed by atoms with van der Waals surface area (Å²) in [6.07, 6.45) is 0.877. The molecule has 1 aliphatic heterocycles. The van der Waals surface area contributed by atoms with Gasteiger partial charge >= 0.3 is 0 Å². The number of carbonyl (C=O) groups excluding carboxylic acids is 1. The van der Waals surface area contributed by atoms with E-state index in [1.165, 1.54) is 0 Å².